The highest BCUT2D eigenvalue weighted by molar-refractivity contribution is 7.89. The SMILES string of the molecule is NS(=O)(=O)c1cccc(-c2n[nH]c3cc([C@@H]4C[C@@H]4c4ccccc4NC=O)ccc23)c1. The zero-order valence-electron chi connectivity index (χ0n) is 16.4. The fourth-order valence-corrected chi connectivity index (χ4v) is 4.79. The number of benzene rings is 3. The highest BCUT2D eigenvalue weighted by atomic mass is 32.2. The van der Waals surface area contributed by atoms with E-state index < -0.39 is 10.0 Å². The zero-order chi connectivity index (χ0) is 21.6. The fraction of sp³-hybridized carbons (Fsp3) is 0.130. The van der Waals surface area contributed by atoms with Gasteiger partial charge in [-0.05, 0) is 53.6 Å². The first kappa shape index (κ1) is 19.5. The number of para-hydroxylation sites is 1. The first-order valence-corrected chi connectivity index (χ1v) is 11.4. The summed E-state index contributed by atoms with van der Waals surface area (Å²) in [6.07, 6.45) is 1.72. The van der Waals surface area contributed by atoms with Gasteiger partial charge in [0.15, 0.2) is 0 Å². The number of aromatic nitrogens is 2. The number of aromatic amines is 1. The number of anilines is 1. The topological polar surface area (TPSA) is 118 Å². The number of hydrogen-bond donors (Lipinski definition) is 3. The summed E-state index contributed by atoms with van der Waals surface area (Å²) >= 11 is 0. The van der Waals surface area contributed by atoms with Crippen molar-refractivity contribution in [3.8, 4) is 11.3 Å². The van der Waals surface area contributed by atoms with E-state index >= 15 is 0 Å². The molecule has 0 aliphatic heterocycles. The highest BCUT2D eigenvalue weighted by Crippen LogP contribution is 2.56. The molecule has 0 spiro atoms. The average molecular weight is 433 g/mol. The van der Waals surface area contributed by atoms with Crippen molar-refractivity contribution in [1.82, 2.24) is 10.2 Å². The van der Waals surface area contributed by atoms with Gasteiger partial charge >= 0.3 is 0 Å². The zero-order valence-corrected chi connectivity index (χ0v) is 17.3. The van der Waals surface area contributed by atoms with E-state index in [2.05, 4.69) is 33.7 Å². The van der Waals surface area contributed by atoms with Gasteiger partial charge in [0, 0.05) is 16.6 Å². The van der Waals surface area contributed by atoms with Gasteiger partial charge in [0.25, 0.3) is 0 Å². The molecule has 7 nitrogen and oxygen atoms in total. The molecule has 5 rings (SSSR count). The number of amides is 1. The van der Waals surface area contributed by atoms with Gasteiger partial charge in [-0.15, -0.1) is 0 Å². The molecule has 1 amide bonds. The van der Waals surface area contributed by atoms with Crippen LogP contribution in [0, 0.1) is 0 Å². The molecule has 0 saturated heterocycles. The maximum Gasteiger partial charge on any atom is 0.238 e. The van der Waals surface area contributed by atoms with E-state index in [0.29, 0.717) is 29.5 Å². The molecule has 0 unspecified atom stereocenters. The molecule has 8 heteroatoms. The van der Waals surface area contributed by atoms with Crippen LogP contribution in [0.3, 0.4) is 0 Å². The maximum absolute atomic E-state index is 11.7. The van der Waals surface area contributed by atoms with E-state index in [1.54, 1.807) is 6.07 Å². The van der Waals surface area contributed by atoms with Crippen LogP contribution >= 0.6 is 0 Å². The second-order valence-corrected chi connectivity index (χ2v) is 9.31. The molecule has 4 N–H and O–H groups in total. The van der Waals surface area contributed by atoms with Gasteiger partial charge in [-0.3, -0.25) is 9.89 Å². The van der Waals surface area contributed by atoms with Crippen molar-refractivity contribution in [3.05, 3.63) is 77.9 Å². The molecular formula is C23H20N4O3S. The normalized spacial score (nSPS) is 18.1. The molecule has 4 aromatic rings. The molecule has 1 fully saturated rings. The van der Waals surface area contributed by atoms with Crippen molar-refractivity contribution in [2.45, 2.75) is 23.2 Å². The number of nitrogens with one attached hydrogen (secondary N) is 2. The Kier molecular flexibility index (Phi) is 4.60. The van der Waals surface area contributed by atoms with E-state index in [9.17, 15) is 13.2 Å². The van der Waals surface area contributed by atoms with E-state index in [-0.39, 0.29) is 4.90 Å². The van der Waals surface area contributed by atoms with Gasteiger partial charge in [-0.25, -0.2) is 13.6 Å². The number of sulfonamides is 1. The van der Waals surface area contributed by atoms with Crippen LogP contribution in [0.4, 0.5) is 5.69 Å². The summed E-state index contributed by atoms with van der Waals surface area (Å²) < 4.78 is 23.4. The number of nitrogens with zero attached hydrogens (tertiary/aromatic N) is 1. The van der Waals surface area contributed by atoms with Crippen LogP contribution in [0.25, 0.3) is 22.2 Å². The second-order valence-electron chi connectivity index (χ2n) is 7.75. The van der Waals surface area contributed by atoms with Crippen LogP contribution in [0.2, 0.25) is 0 Å². The summed E-state index contributed by atoms with van der Waals surface area (Å²) in [5.41, 5.74) is 5.45. The third-order valence-electron chi connectivity index (χ3n) is 5.82. The summed E-state index contributed by atoms with van der Waals surface area (Å²) in [6, 6.07) is 20.5. The van der Waals surface area contributed by atoms with Crippen molar-refractivity contribution in [1.29, 1.82) is 0 Å². The lowest BCUT2D eigenvalue weighted by atomic mass is 10.0. The smallest absolute Gasteiger partial charge is 0.238 e. The average Bonchev–Trinajstić information content (AvgIpc) is 3.45. The predicted molar refractivity (Wildman–Crippen MR) is 119 cm³/mol. The summed E-state index contributed by atoms with van der Waals surface area (Å²) in [6.45, 7) is 0. The molecule has 0 radical (unpaired) electrons. The van der Waals surface area contributed by atoms with E-state index in [1.807, 2.05) is 30.3 Å². The van der Waals surface area contributed by atoms with E-state index in [0.717, 1.165) is 28.6 Å². The van der Waals surface area contributed by atoms with Crippen molar-refractivity contribution in [2.24, 2.45) is 5.14 Å². The Morgan fingerprint density at radius 3 is 2.68 bits per heavy atom. The lowest BCUT2D eigenvalue weighted by Crippen LogP contribution is -2.11. The number of H-pyrrole nitrogens is 1. The predicted octanol–water partition coefficient (Wildman–Crippen LogP) is 3.72. The van der Waals surface area contributed by atoms with Crippen LogP contribution in [-0.4, -0.2) is 25.0 Å². The number of carbonyl (C=O) groups excluding carboxylic acids is 1. The molecule has 1 aliphatic rings. The third-order valence-corrected chi connectivity index (χ3v) is 6.73. The van der Waals surface area contributed by atoms with Gasteiger partial charge in [0.2, 0.25) is 16.4 Å². The Bertz CT molecular complexity index is 1410. The quantitative estimate of drug-likeness (QED) is 0.402. The number of fused-ring (bicyclic) bond motifs is 1. The van der Waals surface area contributed by atoms with Crippen LogP contribution in [0.15, 0.2) is 71.6 Å². The minimum Gasteiger partial charge on any atom is -0.328 e. The van der Waals surface area contributed by atoms with Gasteiger partial charge in [-0.2, -0.15) is 5.10 Å². The summed E-state index contributed by atoms with van der Waals surface area (Å²) in [5, 5.41) is 16.4. The van der Waals surface area contributed by atoms with Gasteiger partial charge in [0.1, 0.15) is 0 Å². The largest absolute Gasteiger partial charge is 0.328 e. The van der Waals surface area contributed by atoms with E-state index in [4.69, 9.17) is 5.14 Å². The lowest BCUT2D eigenvalue weighted by Gasteiger charge is -2.08. The number of hydrogen-bond acceptors (Lipinski definition) is 4. The number of primary sulfonamides is 1. The fourth-order valence-electron chi connectivity index (χ4n) is 4.23. The molecular weight excluding hydrogens is 412 g/mol. The Hall–Kier alpha value is -3.49. The van der Waals surface area contributed by atoms with Crippen molar-refractivity contribution >= 4 is 33.0 Å². The van der Waals surface area contributed by atoms with Gasteiger partial charge < -0.3 is 5.32 Å². The Balaban J connectivity index is 1.46. The first-order valence-electron chi connectivity index (χ1n) is 9.86. The minimum absolute atomic E-state index is 0.0567. The van der Waals surface area contributed by atoms with Crippen molar-refractivity contribution in [2.75, 3.05) is 5.32 Å². The summed E-state index contributed by atoms with van der Waals surface area (Å²) in [7, 11) is -3.78. The van der Waals surface area contributed by atoms with Crippen LogP contribution in [-0.2, 0) is 14.8 Å². The van der Waals surface area contributed by atoms with Crippen molar-refractivity contribution < 1.29 is 13.2 Å². The number of nitrogens with two attached hydrogens (primary N) is 1. The maximum atomic E-state index is 11.7. The van der Waals surface area contributed by atoms with Crippen molar-refractivity contribution in [3.63, 3.8) is 0 Å². The summed E-state index contributed by atoms with van der Waals surface area (Å²) in [4.78, 5) is 11.0. The van der Waals surface area contributed by atoms with E-state index in [1.165, 1.54) is 17.7 Å². The molecule has 156 valence electrons. The molecule has 1 heterocycles. The monoisotopic (exact) mass is 432 g/mol. The Labute approximate surface area is 179 Å². The molecule has 2 atom stereocenters. The Morgan fingerprint density at radius 1 is 1.03 bits per heavy atom. The minimum atomic E-state index is -3.78. The highest BCUT2D eigenvalue weighted by Gasteiger charge is 2.40. The van der Waals surface area contributed by atoms with Crippen LogP contribution in [0.1, 0.15) is 29.4 Å². The molecule has 0 bridgehead atoms. The Morgan fingerprint density at radius 2 is 1.87 bits per heavy atom. The molecule has 1 aromatic heterocycles. The summed E-state index contributed by atoms with van der Waals surface area (Å²) in [5.74, 6) is 0.728. The standard InChI is InChI=1S/C23H20N4O3S/c24-31(29,30)16-5-3-4-15(10-16)23-18-9-8-14(11-22(18)26-27-23)19-12-20(19)17-6-1-2-7-21(17)25-13-28/h1-11,13,19-20H,12H2,(H,25,28)(H,26,27)(H2,24,29,30)/t19-,20+/m0/s1. The first-order chi connectivity index (χ1) is 15.0. The third kappa shape index (κ3) is 3.60. The molecule has 31 heavy (non-hydrogen) atoms. The van der Waals surface area contributed by atoms with Gasteiger partial charge in [-0.1, -0.05) is 42.5 Å². The molecule has 3 aromatic carbocycles. The molecule has 1 saturated carbocycles. The lowest BCUT2D eigenvalue weighted by molar-refractivity contribution is -0.105. The van der Waals surface area contributed by atoms with Gasteiger partial charge in [0.05, 0.1) is 16.1 Å². The molecule has 1 aliphatic carbocycles. The second kappa shape index (κ2) is 7.33. The number of rotatable bonds is 6. The number of carbonyl (C=O) groups is 1. The van der Waals surface area contributed by atoms with Crippen LogP contribution < -0.4 is 10.5 Å². The van der Waals surface area contributed by atoms with Crippen LogP contribution in [0.5, 0.6) is 0 Å².